The van der Waals surface area contributed by atoms with Crippen LogP contribution in [-0.2, 0) is 0 Å². The van der Waals surface area contributed by atoms with Crippen molar-refractivity contribution in [3.63, 3.8) is 0 Å². The Hall–Kier alpha value is 1.00. The van der Waals surface area contributed by atoms with E-state index in [9.17, 15) is 0 Å². The second-order valence-corrected chi connectivity index (χ2v) is 4.54. The van der Waals surface area contributed by atoms with E-state index in [2.05, 4.69) is 13.8 Å². The molecule has 0 heterocycles. The molecule has 0 fully saturated rings. The zero-order chi connectivity index (χ0) is 10.5. The molecule has 0 aromatic heterocycles. The summed E-state index contributed by atoms with van der Waals surface area (Å²) in [7, 11) is 0. The second-order valence-electron chi connectivity index (χ2n) is 4.54. The molecular formula is C14H31Na. The summed E-state index contributed by atoms with van der Waals surface area (Å²) in [6, 6.07) is 0. The van der Waals surface area contributed by atoms with Crippen molar-refractivity contribution < 1.29 is 31.0 Å². The van der Waals surface area contributed by atoms with E-state index in [1.54, 1.807) is 0 Å². The van der Waals surface area contributed by atoms with Gasteiger partial charge in [-0.25, -0.2) is 0 Å². The van der Waals surface area contributed by atoms with Gasteiger partial charge in [-0.05, 0) is 0 Å². The summed E-state index contributed by atoms with van der Waals surface area (Å²) >= 11 is 0. The quantitative estimate of drug-likeness (QED) is 0.372. The molecule has 0 bridgehead atoms. The van der Waals surface area contributed by atoms with Gasteiger partial charge < -0.3 is 1.43 Å². The van der Waals surface area contributed by atoms with E-state index in [1.165, 1.54) is 77.0 Å². The molecule has 0 radical (unpaired) electrons. The van der Waals surface area contributed by atoms with Crippen molar-refractivity contribution in [1.29, 1.82) is 0 Å². The van der Waals surface area contributed by atoms with Crippen LogP contribution in [-0.4, -0.2) is 0 Å². The molecule has 0 unspecified atom stereocenters. The van der Waals surface area contributed by atoms with Gasteiger partial charge in [0.15, 0.2) is 0 Å². The Morgan fingerprint density at radius 3 is 0.867 bits per heavy atom. The Balaban J connectivity index is -0.000000845. The molecule has 0 atom stereocenters. The molecule has 0 N–H and O–H groups in total. The van der Waals surface area contributed by atoms with E-state index >= 15 is 0 Å². The molecule has 0 aliphatic rings. The summed E-state index contributed by atoms with van der Waals surface area (Å²) in [5.74, 6) is 0. The molecule has 88 valence electrons. The molecule has 0 aromatic rings. The smallest absolute Gasteiger partial charge is 1.00 e. The van der Waals surface area contributed by atoms with E-state index in [4.69, 9.17) is 0 Å². The van der Waals surface area contributed by atoms with Crippen molar-refractivity contribution in [3.05, 3.63) is 0 Å². The molecule has 0 aromatic carbocycles. The van der Waals surface area contributed by atoms with Gasteiger partial charge in [-0.15, -0.1) is 0 Å². The maximum Gasteiger partial charge on any atom is 1.00 e. The van der Waals surface area contributed by atoms with Gasteiger partial charge >= 0.3 is 29.6 Å². The second kappa shape index (κ2) is 17.4. The first-order valence-corrected chi connectivity index (χ1v) is 6.91. The third-order valence-corrected chi connectivity index (χ3v) is 2.96. The number of unbranched alkanes of at least 4 members (excludes halogenated alkanes) is 11. The molecule has 15 heavy (non-hydrogen) atoms. The van der Waals surface area contributed by atoms with E-state index in [1.807, 2.05) is 0 Å². The predicted octanol–water partition coefficient (Wildman–Crippen LogP) is 2.82. The van der Waals surface area contributed by atoms with Crippen LogP contribution in [0.3, 0.4) is 0 Å². The maximum absolute atomic E-state index is 2.29. The third kappa shape index (κ3) is 17.6. The van der Waals surface area contributed by atoms with E-state index < -0.39 is 0 Å². The van der Waals surface area contributed by atoms with Crippen molar-refractivity contribution in [1.82, 2.24) is 0 Å². The van der Waals surface area contributed by atoms with Gasteiger partial charge in [-0.1, -0.05) is 90.9 Å². The van der Waals surface area contributed by atoms with Gasteiger partial charge in [0, 0.05) is 0 Å². The van der Waals surface area contributed by atoms with Crippen molar-refractivity contribution in [3.8, 4) is 0 Å². The van der Waals surface area contributed by atoms with E-state index in [0.29, 0.717) is 0 Å². The molecule has 1 heteroatoms. The Kier molecular flexibility index (Phi) is 21.3. The molecule has 0 rings (SSSR count). The van der Waals surface area contributed by atoms with Crippen molar-refractivity contribution >= 4 is 0 Å². The van der Waals surface area contributed by atoms with Crippen LogP contribution in [0.5, 0.6) is 0 Å². The average molecular weight is 222 g/mol. The zero-order valence-corrected chi connectivity index (χ0v) is 13.5. The summed E-state index contributed by atoms with van der Waals surface area (Å²) in [6.07, 6.45) is 17.4. The van der Waals surface area contributed by atoms with Gasteiger partial charge in [0.05, 0.1) is 0 Å². The molecule has 0 saturated carbocycles. The fourth-order valence-electron chi connectivity index (χ4n) is 1.91. The van der Waals surface area contributed by atoms with Crippen LogP contribution in [0.1, 0.15) is 92.3 Å². The minimum atomic E-state index is 0. The average Bonchev–Trinajstić information content (AvgIpc) is 2.21. The maximum atomic E-state index is 2.29. The third-order valence-electron chi connectivity index (χ3n) is 2.96. The van der Waals surface area contributed by atoms with Crippen LogP contribution in [0.15, 0.2) is 0 Å². The topological polar surface area (TPSA) is 0 Å². The number of hydrogen-bond donors (Lipinski definition) is 0. The summed E-state index contributed by atoms with van der Waals surface area (Å²) in [4.78, 5) is 0. The number of rotatable bonds is 11. The Morgan fingerprint density at radius 2 is 0.667 bits per heavy atom. The van der Waals surface area contributed by atoms with Crippen LogP contribution < -0.4 is 29.6 Å². The first-order chi connectivity index (χ1) is 6.91. The van der Waals surface area contributed by atoms with Gasteiger partial charge in [0.2, 0.25) is 0 Å². The van der Waals surface area contributed by atoms with Gasteiger partial charge in [0.1, 0.15) is 0 Å². The molecule has 0 aliphatic heterocycles. The SMILES string of the molecule is CCCCCCCCCCCCCC.[H-].[Na+]. The van der Waals surface area contributed by atoms with Crippen molar-refractivity contribution in [2.45, 2.75) is 90.9 Å². The molecule has 0 amide bonds. The van der Waals surface area contributed by atoms with Crippen molar-refractivity contribution in [2.75, 3.05) is 0 Å². The van der Waals surface area contributed by atoms with Gasteiger partial charge in [0.25, 0.3) is 0 Å². The van der Waals surface area contributed by atoms with Crippen LogP contribution in [0.25, 0.3) is 0 Å². The fraction of sp³-hybridized carbons (Fsp3) is 1.00. The minimum Gasteiger partial charge on any atom is -1.00 e. The molecule has 0 nitrogen and oxygen atoms in total. The molecular weight excluding hydrogens is 191 g/mol. The standard InChI is InChI=1S/C14H30.Na.H/c1-3-5-7-9-11-13-14-12-10-8-6-4-2;;/h3-14H2,1-2H3;;/q;+1;-1. The predicted molar refractivity (Wildman–Crippen MR) is 67.9 cm³/mol. The Morgan fingerprint density at radius 1 is 0.467 bits per heavy atom. The summed E-state index contributed by atoms with van der Waals surface area (Å²) in [5, 5.41) is 0. The van der Waals surface area contributed by atoms with Crippen LogP contribution in [0.2, 0.25) is 0 Å². The molecule has 0 saturated heterocycles. The fourth-order valence-corrected chi connectivity index (χ4v) is 1.91. The largest absolute Gasteiger partial charge is 1.00 e. The zero-order valence-electron chi connectivity index (χ0n) is 12.5. The Bertz CT molecular complexity index is 84.7. The number of hydrogen-bond acceptors (Lipinski definition) is 0. The van der Waals surface area contributed by atoms with Crippen LogP contribution in [0.4, 0.5) is 0 Å². The monoisotopic (exact) mass is 222 g/mol. The normalized spacial score (nSPS) is 10.0. The van der Waals surface area contributed by atoms with E-state index in [0.717, 1.165) is 0 Å². The van der Waals surface area contributed by atoms with Crippen molar-refractivity contribution in [2.24, 2.45) is 0 Å². The van der Waals surface area contributed by atoms with Gasteiger partial charge in [-0.2, -0.15) is 0 Å². The minimum absolute atomic E-state index is 0. The first kappa shape index (κ1) is 18.4. The van der Waals surface area contributed by atoms with Gasteiger partial charge in [-0.3, -0.25) is 0 Å². The molecule has 0 spiro atoms. The first-order valence-electron chi connectivity index (χ1n) is 6.91. The molecule has 0 aliphatic carbocycles. The summed E-state index contributed by atoms with van der Waals surface area (Å²) in [5.41, 5.74) is 0. The summed E-state index contributed by atoms with van der Waals surface area (Å²) < 4.78 is 0. The van der Waals surface area contributed by atoms with Crippen LogP contribution in [0, 0.1) is 0 Å². The van der Waals surface area contributed by atoms with Crippen LogP contribution >= 0.6 is 0 Å². The summed E-state index contributed by atoms with van der Waals surface area (Å²) in [6.45, 7) is 4.57. The van der Waals surface area contributed by atoms with E-state index in [-0.39, 0.29) is 31.0 Å². The Labute approximate surface area is 121 Å².